The zero-order chi connectivity index (χ0) is 9.73. The molecule has 0 radical (unpaired) electrons. The fraction of sp³-hybridized carbons (Fsp3) is 0.444. The number of rotatable bonds is 4. The Hall–Kier alpha value is -0.970. The van der Waals surface area contributed by atoms with Gasteiger partial charge in [-0.15, -0.1) is 0 Å². The van der Waals surface area contributed by atoms with Crippen molar-refractivity contribution in [3.8, 4) is 0 Å². The van der Waals surface area contributed by atoms with E-state index in [-0.39, 0.29) is 6.61 Å². The Morgan fingerprint density at radius 3 is 2.23 bits per heavy atom. The summed E-state index contributed by atoms with van der Waals surface area (Å²) in [6, 6.07) is 3.48. The smallest absolute Gasteiger partial charge is 0.218 e. The molecular weight excluding hydrogens is 170 g/mol. The Balaban J connectivity index is 3.01. The van der Waals surface area contributed by atoms with Crippen molar-refractivity contribution < 1.29 is 14.6 Å². The molecule has 0 bridgehead atoms. The van der Waals surface area contributed by atoms with Gasteiger partial charge < -0.3 is 14.6 Å². The van der Waals surface area contributed by atoms with Gasteiger partial charge in [-0.1, -0.05) is 0 Å². The van der Waals surface area contributed by atoms with Crippen LogP contribution in [0.15, 0.2) is 24.5 Å². The zero-order valence-electron chi connectivity index (χ0n) is 7.73. The molecule has 4 heteroatoms. The number of aliphatic hydroxyl groups excluding tert-OH is 1. The summed E-state index contributed by atoms with van der Waals surface area (Å²) in [6.07, 6.45) is 3.25. The van der Waals surface area contributed by atoms with Gasteiger partial charge in [0.1, 0.15) is 6.61 Å². The third-order valence-electron chi connectivity index (χ3n) is 1.99. The van der Waals surface area contributed by atoms with Gasteiger partial charge in [-0.3, -0.25) is 4.98 Å². The lowest BCUT2D eigenvalue weighted by molar-refractivity contribution is -0.236. The van der Waals surface area contributed by atoms with Crippen molar-refractivity contribution in [3.05, 3.63) is 30.1 Å². The minimum Gasteiger partial charge on any atom is -0.390 e. The summed E-state index contributed by atoms with van der Waals surface area (Å²) >= 11 is 0. The molecule has 0 aliphatic carbocycles. The highest BCUT2D eigenvalue weighted by molar-refractivity contribution is 5.16. The Labute approximate surface area is 77.1 Å². The van der Waals surface area contributed by atoms with E-state index >= 15 is 0 Å². The van der Waals surface area contributed by atoms with E-state index in [1.165, 1.54) is 14.2 Å². The number of nitrogens with zero attached hydrogens (tertiary/aromatic N) is 1. The van der Waals surface area contributed by atoms with Crippen molar-refractivity contribution in [1.82, 2.24) is 4.98 Å². The molecule has 1 heterocycles. The molecule has 1 rings (SSSR count). The van der Waals surface area contributed by atoms with Crippen molar-refractivity contribution in [2.45, 2.75) is 5.79 Å². The summed E-state index contributed by atoms with van der Waals surface area (Å²) < 4.78 is 10.2. The molecule has 1 aromatic heterocycles. The number of pyridine rings is 1. The van der Waals surface area contributed by atoms with E-state index in [1.54, 1.807) is 24.5 Å². The molecular formula is C9H13NO3. The first kappa shape index (κ1) is 10.1. The normalized spacial score (nSPS) is 11.6. The number of hydrogen-bond donors (Lipinski definition) is 1. The second kappa shape index (κ2) is 4.32. The van der Waals surface area contributed by atoms with Crippen molar-refractivity contribution in [1.29, 1.82) is 0 Å². The van der Waals surface area contributed by atoms with Gasteiger partial charge in [-0.05, 0) is 12.1 Å². The van der Waals surface area contributed by atoms with Crippen LogP contribution in [-0.4, -0.2) is 30.9 Å². The van der Waals surface area contributed by atoms with Gasteiger partial charge in [0.05, 0.1) is 0 Å². The van der Waals surface area contributed by atoms with Crippen molar-refractivity contribution >= 4 is 0 Å². The molecule has 0 aromatic carbocycles. The maximum absolute atomic E-state index is 9.16. The topological polar surface area (TPSA) is 51.6 Å². The van der Waals surface area contributed by atoms with Crippen molar-refractivity contribution in [3.63, 3.8) is 0 Å². The Bertz CT molecular complexity index is 238. The van der Waals surface area contributed by atoms with Crippen LogP contribution in [0.5, 0.6) is 0 Å². The maximum atomic E-state index is 9.16. The van der Waals surface area contributed by atoms with Crippen LogP contribution in [0, 0.1) is 0 Å². The average Bonchev–Trinajstić information content (AvgIpc) is 2.23. The van der Waals surface area contributed by atoms with Gasteiger partial charge in [0.25, 0.3) is 0 Å². The Morgan fingerprint density at radius 1 is 1.31 bits per heavy atom. The van der Waals surface area contributed by atoms with Gasteiger partial charge in [-0.2, -0.15) is 0 Å². The van der Waals surface area contributed by atoms with Gasteiger partial charge >= 0.3 is 0 Å². The monoisotopic (exact) mass is 183 g/mol. The average molecular weight is 183 g/mol. The summed E-state index contributed by atoms with van der Waals surface area (Å²) in [4.78, 5) is 3.87. The maximum Gasteiger partial charge on any atom is 0.218 e. The van der Waals surface area contributed by atoms with E-state index in [0.29, 0.717) is 0 Å². The highest BCUT2D eigenvalue weighted by atomic mass is 16.7. The number of aliphatic hydroxyl groups is 1. The molecule has 0 atom stereocenters. The van der Waals surface area contributed by atoms with Crippen molar-refractivity contribution in [2.75, 3.05) is 20.8 Å². The van der Waals surface area contributed by atoms with Crippen LogP contribution >= 0.6 is 0 Å². The number of hydrogen-bond acceptors (Lipinski definition) is 4. The van der Waals surface area contributed by atoms with E-state index in [1.807, 2.05) is 0 Å². The Kier molecular flexibility index (Phi) is 3.36. The van der Waals surface area contributed by atoms with E-state index in [9.17, 15) is 0 Å². The summed E-state index contributed by atoms with van der Waals surface area (Å²) in [7, 11) is 2.97. The fourth-order valence-corrected chi connectivity index (χ4v) is 1.15. The minimum absolute atomic E-state index is 0.232. The predicted molar refractivity (Wildman–Crippen MR) is 47.0 cm³/mol. The summed E-state index contributed by atoms with van der Waals surface area (Å²) in [6.45, 7) is -0.232. The third kappa shape index (κ3) is 1.85. The highest BCUT2D eigenvalue weighted by Gasteiger charge is 2.30. The van der Waals surface area contributed by atoms with Gasteiger partial charge in [-0.25, -0.2) is 0 Å². The van der Waals surface area contributed by atoms with Gasteiger partial charge in [0.2, 0.25) is 5.79 Å². The highest BCUT2D eigenvalue weighted by Crippen LogP contribution is 2.24. The lowest BCUT2D eigenvalue weighted by Gasteiger charge is -2.28. The lowest BCUT2D eigenvalue weighted by atomic mass is 10.1. The first-order valence-corrected chi connectivity index (χ1v) is 3.90. The standard InChI is InChI=1S/C9H13NO3/c1-12-9(7-11,13-2)8-3-5-10-6-4-8/h3-6,11H,7H2,1-2H3. The molecule has 1 aromatic rings. The van der Waals surface area contributed by atoms with Crippen LogP contribution < -0.4 is 0 Å². The molecule has 72 valence electrons. The van der Waals surface area contributed by atoms with Crippen molar-refractivity contribution in [2.24, 2.45) is 0 Å². The van der Waals surface area contributed by atoms with E-state index < -0.39 is 5.79 Å². The Morgan fingerprint density at radius 2 is 1.85 bits per heavy atom. The number of aromatic nitrogens is 1. The number of ether oxygens (including phenoxy) is 2. The molecule has 0 spiro atoms. The molecule has 0 amide bonds. The third-order valence-corrected chi connectivity index (χ3v) is 1.99. The molecule has 4 nitrogen and oxygen atoms in total. The molecule has 0 aliphatic heterocycles. The van der Waals surface area contributed by atoms with Gasteiger partial charge in [0, 0.05) is 32.2 Å². The SMILES string of the molecule is COC(CO)(OC)c1ccncc1. The van der Waals surface area contributed by atoms with Crippen LogP contribution in [0.1, 0.15) is 5.56 Å². The molecule has 1 N–H and O–H groups in total. The zero-order valence-corrected chi connectivity index (χ0v) is 7.73. The largest absolute Gasteiger partial charge is 0.390 e. The van der Waals surface area contributed by atoms with Crippen LogP contribution in [0.4, 0.5) is 0 Å². The van der Waals surface area contributed by atoms with E-state index in [0.717, 1.165) is 5.56 Å². The molecule has 13 heavy (non-hydrogen) atoms. The van der Waals surface area contributed by atoms with Crippen LogP contribution in [0.25, 0.3) is 0 Å². The van der Waals surface area contributed by atoms with Crippen LogP contribution in [0.2, 0.25) is 0 Å². The quantitative estimate of drug-likeness (QED) is 0.691. The fourth-order valence-electron chi connectivity index (χ4n) is 1.15. The second-order valence-electron chi connectivity index (χ2n) is 2.56. The molecule has 0 unspecified atom stereocenters. The summed E-state index contributed by atoms with van der Waals surface area (Å²) in [5, 5.41) is 9.16. The van der Waals surface area contributed by atoms with Gasteiger partial charge in [0.15, 0.2) is 0 Å². The van der Waals surface area contributed by atoms with Crippen LogP contribution in [-0.2, 0) is 15.3 Å². The molecule has 0 aliphatic rings. The van der Waals surface area contributed by atoms with Crippen LogP contribution in [0.3, 0.4) is 0 Å². The predicted octanol–water partition coefficient (Wildman–Crippen LogP) is 0.520. The lowest BCUT2D eigenvalue weighted by Crippen LogP contribution is -2.34. The molecule has 0 fully saturated rings. The van der Waals surface area contributed by atoms with E-state index in [4.69, 9.17) is 14.6 Å². The number of methoxy groups -OCH3 is 2. The van der Waals surface area contributed by atoms with E-state index in [2.05, 4.69) is 4.98 Å². The summed E-state index contributed by atoms with van der Waals surface area (Å²) in [5.41, 5.74) is 0.745. The first-order valence-electron chi connectivity index (χ1n) is 3.90. The second-order valence-corrected chi connectivity index (χ2v) is 2.56. The summed E-state index contributed by atoms with van der Waals surface area (Å²) in [5.74, 6) is -1.07. The molecule has 0 saturated heterocycles. The minimum atomic E-state index is -1.07. The first-order chi connectivity index (χ1) is 6.29. The molecule has 0 saturated carbocycles.